The van der Waals surface area contributed by atoms with Gasteiger partial charge in [0.25, 0.3) is 15.9 Å². The van der Waals surface area contributed by atoms with Gasteiger partial charge in [0.05, 0.1) is 10.6 Å². The fourth-order valence-electron chi connectivity index (χ4n) is 2.93. The maximum absolute atomic E-state index is 12.5. The van der Waals surface area contributed by atoms with E-state index in [9.17, 15) is 13.2 Å². The molecule has 0 bridgehead atoms. The zero-order valence-electron chi connectivity index (χ0n) is 15.1. The van der Waals surface area contributed by atoms with Crippen molar-refractivity contribution in [1.82, 2.24) is 10.6 Å². The lowest BCUT2D eigenvalue weighted by Crippen LogP contribution is -2.37. The maximum atomic E-state index is 12.5. The van der Waals surface area contributed by atoms with Gasteiger partial charge in [0, 0.05) is 18.2 Å². The number of hydrogen-bond acceptors (Lipinski definition) is 4. The second kappa shape index (κ2) is 9.21. The Labute approximate surface area is 166 Å². The molecule has 1 unspecified atom stereocenters. The summed E-state index contributed by atoms with van der Waals surface area (Å²) in [5.74, 6) is -0.200. The van der Waals surface area contributed by atoms with Gasteiger partial charge in [0.2, 0.25) is 0 Å². The van der Waals surface area contributed by atoms with E-state index in [1.807, 2.05) is 19.1 Å². The van der Waals surface area contributed by atoms with Gasteiger partial charge in [-0.15, -0.1) is 12.4 Å². The van der Waals surface area contributed by atoms with Crippen molar-refractivity contribution >= 4 is 34.0 Å². The third-order valence-corrected chi connectivity index (χ3v) is 5.87. The Morgan fingerprint density at radius 1 is 1.15 bits per heavy atom. The van der Waals surface area contributed by atoms with Crippen molar-refractivity contribution in [3.8, 4) is 0 Å². The lowest BCUT2D eigenvalue weighted by molar-refractivity contribution is 0.0950. The average molecular weight is 410 g/mol. The molecule has 0 aliphatic carbocycles. The minimum Gasteiger partial charge on any atom is -0.350 e. The summed E-state index contributed by atoms with van der Waals surface area (Å²) in [6.07, 6.45) is 2.18. The Hall–Kier alpha value is -2.09. The first-order valence-electron chi connectivity index (χ1n) is 8.66. The number of anilines is 1. The van der Waals surface area contributed by atoms with Crippen molar-refractivity contribution in [3.63, 3.8) is 0 Å². The molecule has 27 heavy (non-hydrogen) atoms. The van der Waals surface area contributed by atoms with Gasteiger partial charge in [-0.25, -0.2) is 8.42 Å². The van der Waals surface area contributed by atoms with E-state index in [0.29, 0.717) is 23.8 Å². The summed E-state index contributed by atoms with van der Waals surface area (Å²) in [5, 5.41) is 6.20. The van der Waals surface area contributed by atoms with Gasteiger partial charge in [-0.05, 0) is 62.2 Å². The van der Waals surface area contributed by atoms with Crippen LogP contribution < -0.4 is 15.4 Å². The van der Waals surface area contributed by atoms with Crippen LogP contribution in [0.4, 0.5) is 5.69 Å². The van der Waals surface area contributed by atoms with Crippen LogP contribution in [-0.4, -0.2) is 33.5 Å². The van der Waals surface area contributed by atoms with Crippen LogP contribution in [0.5, 0.6) is 0 Å². The Morgan fingerprint density at radius 3 is 2.48 bits per heavy atom. The van der Waals surface area contributed by atoms with Gasteiger partial charge < -0.3 is 10.6 Å². The topological polar surface area (TPSA) is 87.3 Å². The summed E-state index contributed by atoms with van der Waals surface area (Å²) in [6, 6.07) is 13.5. The van der Waals surface area contributed by atoms with Crippen molar-refractivity contribution in [1.29, 1.82) is 0 Å². The van der Waals surface area contributed by atoms with Crippen molar-refractivity contribution in [2.24, 2.45) is 0 Å². The SMILES string of the molecule is Cc1ccccc1NS(=O)(=O)c1ccc(C(=O)NCC2CCCN2)cc1.Cl. The molecular formula is C19H24ClN3O3S. The molecule has 0 saturated carbocycles. The number of carbonyl (C=O) groups excluding carboxylic acids is 1. The Kier molecular flexibility index (Phi) is 7.24. The zero-order valence-corrected chi connectivity index (χ0v) is 16.7. The normalized spacial score (nSPS) is 16.4. The molecule has 6 nitrogen and oxygen atoms in total. The van der Waals surface area contributed by atoms with Crippen molar-refractivity contribution in [2.45, 2.75) is 30.7 Å². The summed E-state index contributed by atoms with van der Waals surface area (Å²) >= 11 is 0. The highest BCUT2D eigenvalue weighted by Gasteiger charge is 2.17. The molecule has 0 aromatic heterocycles. The van der Waals surface area contributed by atoms with Gasteiger partial charge >= 0.3 is 0 Å². The summed E-state index contributed by atoms with van der Waals surface area (Å²) < 4.78 is 27.6. The molecule has 0 spiro atoms. The van der Waals surface area contributed by atoms with Gasteiger partial charge in [-0.2, -0.15) is 0 Å². The monoisotopic (exact) mass is 409 g/mol. The highest BCUT2D eigenvalue weighted by molar-refractivity contribution is 7.92. The largest absolute Gasteiger partial charge is 0.350 e. The van der Waals surface area contributed by atoms with Gasteiger partial charge in [-0.3, -0.25) is 9.52 Å². The molecule has 3 rings (SSSR count). The fraction of sp³-hybridized carbons (Fsp3) is 0.316. The van der Waals surface area contributed by atoms with Crippen LogP contribution in [-0.2, 0) is 10.0 Å². The molecule has 146 valence electrons. The van der Waals surface area contributed by atoms with E-state index in [4.69, 9.17) is 0 Å². The first-order valence-corrected chi connectivity index (χ1v) is 10.1. The molecule has 0 radical (unpaired) electrons. The number of hydrogen-bond donors (Lipinski definition) is 3. The highest BCUT2D eigenvalue weighted by Crippen LogP contribution is 2.19. The third kappa shape index (κ3) is 5.45. The summed E-state index contributed by atoms with van der Waals surface area (Å²) in [4.78, 5) is 12.3. The number of benzene rings is 2. The molecule has 1 saturated heterocycles. The number of rotatable bonds is 6. The number of aryl methyl sites for hydroxylation is 1. The number of amides is 1. The van der Waals surface area contributed by atoms with E-state index in [1.165, 1.54) is 24.3 Å². The number of sulfonamides is 1. The predicted octanol–water partition coefficient (Wildman–Crippen LogP) is 2.70. The van der Waals surface area contributed by atoms with E-state index >= 15 is 0 Å². The lowest BCUT2D eigenvalue weighted by Gasteiger charge is -2.12. The average Bonchev–Trinajstić information content (AvgIpc) is 3.15. The van der Waals surface area contributed by atoms with E-state index in [0.717, 1.165) is 24.9 Å². The quantitative estimate of drug-likeness (QED) is 0.684. The molecule has 2 aromatic rings. The fourth-order valence-corrected chi connectivity index (χ4v) is 4.06. The van der Waals surface area contributed by atoms with Crippen molar-refractivity contribution in [3.05, 3.63) is 59.7 Å². The first-order chi connectivity index (χ1) is 12.5. The van der Waals surface area contributed by atoms with Crippen molar-refractivity contribution < 1.29 is 13.2 Å². The Morgan fingerprint density at radius 2 is 1.85 bits per heavy atom. The first kappa shape index (κ1) is 21.2. The van der Waals surface area contributed by atoms with E-state index in [1.54, 1.807) is 12.1 Å². The summed E-state index contributed by atoms with van der Waals surface area (Å²) in [6.45, 7) is 3.40. The number of para-hydroxylation sites is 1. The number of halogens is 1. The van der Waals surface area contributed by atoms with Crippen LogP contribution in [0.2, 0.25) is 0 Å². The minimum atomic E-state index is -3.70. The van der Waals surface area contributed by atoms with Crippen LogP contribution in [0.15, 0.2) is 53.4 Å². The minimum absolute atomic E-state index is 0. The lowest BCUT2D eigenvalue weighted by atomic mass is 10.2. The van der Waals surface area contributed by atoms with Crippen LogP contribution in [0.3, 0.4) is 0 Å². The molecule has 3 N–H and O–H groups in total. The second-order valence-electron chi connectivity index (χ2n) is 6.45. The molecule has 8 heteroatoms. The van der Waals surface area contributed by atoms with Crippen LogP contribution in [0.1, 0.15) is 28.8 Å². The molecule has 1 heterocycles. The smallest absolute Gasteiger partial charge is 0.261 e. The molecule has 1 amide bonds. The predicted molar refractivity (Wildman–Crippen MR) is 109 cm³/mol. The zero-order chi connectivity index (χ0) is 18.6. The maximum Gasteiger partial charge on any atom is 0.261 e. The van der Waals surface area contributed by atoms with Crippen molar-refractivity contribution in [2.75, 3.05) is 17.8 Å². The van der Waals surface area contributed by atoms with Crippen LogP contribution >= 0.6 is 12.4 Å². The third-order valence-electron chi connectivity index (χ3n) is 4.49. The molecule has 1 aliphatic rings. The number of carbonyl (C=O) groups is 1. The summed E-state index contributed by atoms with van der Waals surface area (Å²) in [7, 11) is -3.70. The molecule has 1 fully saturated rings. The molecule has 2 aromatic carbocycles. The Balaban J connectivity index is 0.00000261. The standard InChI is InChI=1S/C19H23N3O3S.ClH/c1-14-5-2-3-7-18(14)22-26(24,25)17-10-8-15(9-11-17)19(23)21-13-16-6-4-12-20-16;/h2-3,5,7-11,16,20,22H,4,6,12-13H2,1H3,(H,21,23);1H. The molecular weight excluding hydrogens is 386 g/mol. The Bertz CT molecular complexity index is 879. The highest BCUT2D eigenvalue weighted by atomic mass is 35.5. The van der Waals surface area contributed by atoms with E-state index in [2.05, 4.69) is 15.4 Å². The second-order valence-corrected chi connectivity index (χ2v) is 8.13. The van der Waals surface area contributed by atoms with Gasteiger partial charge in [0.15, 0.2) is 0 Å². The molecule has 1 aliphatic heterocycles. The van der Waals surface area contributed by atoms with Gasteiger partial charge in [0.1, 0.15) is 0 Å². The van der Waals surface area contributed by atoms with E-state index < -0.39 is 10.0 Å². The molecule has 1 atom stereocenters. The summed E-state index contributed by atoms with van der Waals surface area (Å²) in [5.41, 5.74) is 1.82. The van der Waals surface area contributed by atoms with Gasteiger partial charge in [-0.1, -0.05) is 18.2 Å². The van der Waals surface area contributed by atoms with E-state index in [-0.39, 0.29) is 23.2 Å². The van der Waals surface area contributed by atoms with Crippen LogP contribution in [0, 0.1) is 6.92 Å². The van der Waals surface area contributed by atoms with Crippen LogP contribution in [0.25, 0.3) is 0 Å². The number of nitrogens with one attached hydrogen (secondary N) is 3.